The standard InChI is InChI=1S/C16H15N5O2/c1-21-14-6-9(2-3-13(14)19-20-21)11-7-18-15(16(17)22)10-4-5-23-8-12(10)11/h2-3,6-7H,4-5,8H2,1H3,(H2,17,22). The van der Waals surface area contributed by atoms with E-state index < -0.39 is 5.91 Å². The van der Waals surface area contributed by atoms with Gasteiger partial charge in [0, 0.05) is 18.8 Å². The highest BCUT2D eigenvalue weighted by molar-refractivity contribution is 5.94. The monoisotopic (exact) mass is 309 g/mol. The zero-order valence-electron chi connectivity index (χ0n) is 12.6. The summed E-state index contributed by atoms with van der Waals surface area (Å²) in [5.74, 6) is -0.499. The predicted octanol–water partition coefficient (Wildman–Crippen LogP) is 1.20. The first-order valence-corrected chi connectivity index (χ1v) is 7.33. The molecule has 7 heteroatoms. The van der Waals surface area contributed by atoms with Gasteiger partial charge in [0.1, 0.15) is 11.2 Å². The number of benzene rings is 1. The highest BCUT2D eigenvalue weighted by atomic mass is 16.5. The first-order valence-electron chi connectivity index (χ1n) is 7.33. The lowest BCUT2D eigenvalue weighted by Gasteiger charge is -2.21. The Morgan fingerprint density at radius 1 is 1.35 bits per heavy atom. The molecule has 1 amide bonds. The number of amides is 1. The summed E-state index contributed by atoms with van der Waals surface area (Å²) >= 11 is 0. The number of carbonyl (C=O) groups excluding carboxylic acids is 1. The molecule has 0 atom stereocenters. The summed E-state index contributed by atoms with van der Waals surface area (Å²) in [4.78, 5) is 15.9. The van der Waals surface area contributed by atoms with Crippen LogP contribution in [0.3, 0.4) is 0 Å². The van der Waals surface area contributed by atoms with Crippen molar-refractivity contribution in [2.24, 2.45) is 12.8 Å². The second kappa shape index (κ2) is 5.13. The van der Waals surface area contributed by atoms with Crippen molar-refractivity contribution in [2.75, 3.05) is 6.61 Å². The lowest BCUT2D eigenvalue weighted by molar-refractivity contribution is 0.0979. The molecule has 1 aromatic carbocycles. The highest BCUT2D eigenvalue weighted by Crippen LogP contribution is 2.31. The Balaban J connectivity index is 1.93. The normalized spacial score (nSPS) is 14.0. The fourth-order valence-corrected chi connectivity index (χ4v) is 3.03. The maximum Gasteiger partial charge on any atom is 0.267 e. The largest absolute Gasteiger partial charge is 0.376 e. The molecule has 0 fully saturated rings. The fraction of sp³-hybridized carbons (Fsp3) is 0.250. The van der Waals surface area contributed by atoms with Gasteiger partial charge in [-0.1, -0.05) is 11.3 Å². The number of primary amides is 1. The summed E-state index contributed by atoms with van der Waals surface area (Å²) in [6.07, 6.45) is 2.34. The van der Waals surface area contributed by atoms with Gasteiger partial charge < -0.3 is 10.5 Å². The van der Waals surface area contributed by atoms with E-state index in [1.165, 1.54) is 0 Å². The molecular weight excluding hydrogens is 294 g/mol. The first-order chi connectivity index (χ1) is 11.1. The minimum atomic E-state index is -0.499. The van der Waals surface area contributed by atoms with Crippen LogP contribution in [0.15, 0.2) is 24.4 Å². The molecule has 3 heterocycles. The van der Waals surface area contributed by atoms with Crippen molar-refractivity contribution >= 4 is 16.9 Å². The van der Waals surface area contributed by atoms with Crippen molar-refractivity contribution in [2.45, 2.75) is 13.0 Å². The van der Waals surface area contributed by atoms with Crippen LogP contribution in [0.2, 0.25) is 0 Å². The maximum absolute atomic E-state index is 11.6. The molecule has 116 valence electrons. The van der Waals surface area contributed by atoms with E-state index in [0.29, 0.717) is 25.3 Å². The van der Waals surface area contributed by atoms with E-state index in [1.807, 2.05) is 25.2 Å². The third-order valence-electron chi connectivity index (χ3n) is 4.20. The van der Waals surface area contributed by atoms with E-state index in [4.69, 9.17) is 10.5 Å². The van der Waals surface area contributed by atoms with Crippen molar-refractivity contribution in [3.8, 4) is 11.1 Å². The SMILES string of the molecule is Cn1nnc2ccc(-c3cnc(C(N)=O)c4c3COCC4)cc21. The number of rotatable bonds is 2. The van der Waals surface area contributed by atoms with Crippen molar-refractivity contribution in [3.63, 3.8) is 0 Å². The van der Waals surface area contributed by atoms with Gasteiger partial charge in [0.15, 0.2) is 0 Å². The number of ether oxygens (including phenoxy) is 1. The Morgan fingerprint density at radius 3 is 3.04 bits per heavy atom. The fourth-order valence-electron chi connectivity index (χ4n) is 3.03. The Hall–Kier alpha value is -2.80. The summed E-state index contributed by atoms with van der Waals surface area (Å²) in [5, 5.41) is 8.11. The van der Waals surface area contributed by atoms with E-state index >= 15 is 0 Å². The summed E-state index contributed by atoms with van der Waals surface area (Å²) in [5.41, 5.74) is 11.4. The van der Waals surface area contributed by atoms with Crippen LogP contribution >= 0.6 is 0 Å². The van der Waals surface area contributed by atoms with Crippen LogP contribution < -0.4 is 5.73 Å². The van der Waals surface area contributed by atoms with Crippen molar-refractivity contribution in [1.82, 2.24) is 20.0 Å². The molecule has 2 N–H and O–H groups in total. The first kappa shape index (κ1) is 13.8. The van der Waals surface area contributed by atoms with Crippen LogP contribution in [-0.4, -0.2) is 32.5 Å². The number of hydrogen-bond donors (Lipinski definition) is 1. The second-order valence-electron chi connectivity index (χ2n) is 5.56. The minimum absolute atomic E-state index is 0.343. The Bertz CT molecular complexity index is 932. The molecule has 0 aliphatic carbocycles. The van der Waals surface area contributed by atoms with Gasteiger partial charge in [-0.3, -0.25) is 9.78 Å². The number of aromatic nitrogens is 4. The smallest absolute Gasteiger partial charge is 0.267 e. The number of nitrogens with zero attached hydrogens (tertiary/aromatic N) is 4. The second-order valence-corrected chi connectivity index (χ2v) is 5.56. The van der Waals surface area contributed by atoms with Crippen LogP contribution in [-0.2, 0) is 24.8 Å². The lowest BCUT2D eigenvalue weighted by Crippen LogP contribution is -2.21. The molecule has 4 rings (SSSR count). The minimum Gasteiger partial charge on any atom is -0.376 e. The van der Waals surface area contributed by atoms with E-state index in [9.17, 15) is 4.79 Å². The summed E-state index contributed by atoms with van der Waals surface area (Å²) in [7, 11) is 1.85. The molecule has 0 radical (unpaired) electrons. The Morgan fingerprint density at radius 2 is 2.22 bits per heavy atom. The molecule has 0 saturated carbocycles. The topological polar surface area (TPSA) is 95.9 Å². The summed E-state index contributed by atoms with van der Waals surface area (Å²) in [6.45, 7) is 1.03. The molecule has 1 aliphatic heterocycles. The molecule has 23 heavy (non-hydrogen) atoms. The van der Waals surface area contributed by atoms with Gasteiger partial charge in [-0.05, 0) is 35.2 Å². The van der Waals surface area contributed by atoms with Crippen LogP contribution in [0.25, 0.3) is 22.2 Å². The zero-order valence-corrected chi connectivity index (χ0v) is 12.6. The zero-order chi connectivity index (χ0) is 16.0. The van der Waals surface area contributed by atoms with E-state index in [-0.39, 0.29) is 0 Å². The van der Waals surface area contributed by atoms with Crippen LogP contribution in [0.1, 0.15) is 21.6 Å². The van der Waals surface area contributed by atoms with Gasteiger partial charge in [0.05, 0.1) is 18.7 Å². The van der Waals surface area contributed by atoms with E-state index in [0.717, 1.165) is 33.3 Å². The van der Waals surface area contributed by atoms with Crippen molar-refractivity contribution in [1.29, 1.82) is 0 Å². The van der Waals surface area contributed by atoms with E-state index in [2.05, 4.69) is 15.3 Å². The molecule has 0 spiro atoms. The van der Waals surface area contributed by atoms with Gasteiger partial charge in [-0.2, -0.15) is 0 Å². The van der Waals surface area contributed by atoms with Crippen molar-refractivity contribution < 1.29 is 9.53 Å². The Kier molecular flexibility index (Phi) is 3.09. The molecule has 1 aliphatic rings. The van der Waals surface area contributed by atoms with Gasteiger partial charge >= 0.3 is 0 Å². The Labute approximate surface area is 132 Å². The molecule has 0 bridgehead atoms. The number of nitrogens with two attached hydrogens (primary N) is 1. The molecule has 3 aromatic rings. The molecule has 2 aromatic heterocycles. The lowest BCUT2D eigenvalue weighted by atomic mass is 9.93. The van der Waals surface area contributed by atoms with E-state index in [1.54, 1.807) is 10.9 Å². The predicted molar refractivity (Wildman–Crippen MR) is 83.6 cm³/mol. The molecule has 7 nitrogen and oxygen atoms in total. The number of hydrogen-bond acceptors (Lipinski definition) is 5. The molecule has 0 unspecified atom stereocenters. The van der Waals surface area contributed by atoms with Gasteiger partial charge in [0.25, 0.3) is 5.91 Å². The van der Waals surface area contributed by atoms with Crippen LogP contribution in [0.5, 0.6) is 0 Å². The maximum atomic E-state index is 11.6. The van der Waals surface area contributed by atoms with Crippen LogP contribution in [0, 0.1) is 0 Å². The quantitative estimate of drug-likeness (QED) is 0.767. The molecule has 0 saturated heterocycles. The summed E-state index contributed by atoms with van der Waals surface area (Å²) < 4.78 is 7.31. The van der Waals surface area contributed by atoms with Gasteiger partial charge in [-0.25, -0.2) is 4.68 Å². The average molecular weight is 309 g/mol. The van der Waals surface area contributed by atoms with Crippen LogP contribution in [0.4, 0.5) is 0 Å². The highest BCUT2D eigenvalue weighted by Gasteiger charge is 2.22. The van der Waals surface area contributed by atoms with Gasteiger partial charge in [-0.15, -0.1) is 5.10 Å². The number of aryl methyl sites for hydroxylation is 1. The summed E-state index contributed by atoms with van der Waals surface area (Å²) in [6, 6.07) is 5.92. The average Bonchev–Trinajstić information content (AvgIpc) is 2.94. The third kappa shape index (κ3) is 2.17. The number of pyridine rings is 1. The van der Waals surface area contributed by atoms with Crippen molar-refractivity contribution in [3.05, 3.63) is 41.2 Å². The number of fused-ring (bicyclic) bond motifs is 2. The third-order valence-corrected chi connectivity index (χ3v) is 4.20. The number of carbonyl (C=O) groups is 1. The van der Waals surface area contributed by atoms with Gasteiger partial charge in [0.2, 0.25) is 0 Å². The molecular formula is C16H15N5O2.